The molecule has 2 aromatic carbocycles. The third kappa shape index (κ3) is 4.93. The van der Waals surface area contributed by atoms with E-state index in [0.717, 1.165) is 18.4 Å². The number of anilines is 1. The number of nitrogens with one attached hydrogen (secondary N) is 1. The molecule has 29 heavy (non-hydrogen) atoms. The Morgan fingerprint density at radius 3 is 2.45 bits per heavy atom. The lowest BCUT2D eigenvalue weighted by atomic mass is 10.1. The van der Waals surface area contributed by atoms with Crippen molar-refractivity contribution < 1.29 is 18.9 Å². The van der Waals surface area contributed by atoms with Gasteiger partial charge in [0.1, 0.15) is 0 Å². The van der Waals surface area contributed by atoms with Crippen molar-refractivity contribution in [2.75, 3.05) is 18.5 Å². The normalized spacial score (nSPS) is 10.6. The van der Waals surface area contributed by atoms with Crippen LogP contribution in [0.15, 0.2) is 47.1 Å². The molecule has 0 saturated carbocycles. The standard InChI is InChI=1S/C22H25N3O4/c1-4-12-27-18-11-10-16(14-19(18)28-13-5-2)20-21(25-29-24-20)23-22(26)17-9-7-6-8-15(17)3/h6-11,14H,4-5,12-13H2,1-3H3,(H,23,25,26). The van der Waals surface area contributed by atoms with Crippen LogP contribution in [-0.2, 0) is 0 Å². The molecular weight excluding hydrogens is 370 g/mol. The quantitative estimate of drug-likeness (QED) is 0.556. The van der Waals surface area contributed by atoms with Gasteiger partial charge in [0.05, 0.1) is 13.2 Å². The summed E-state index contributed by atoms with van der Waals surface area (Å²) < 4.78 is 16.5. The summed E-state index contributed by atoms with van der Waals surface area (Å²) in [5.41, 5.74) is 2.57. The van der Waals surface area contributed by atoms with Crippen molar-refractivity contribution >= 4 is 11.7 Å². The molecule has 7 nitrogen and oxygen atoms in total. The molecule has 0 saturated heterocycles. The third-order valence-electron chi connectivity index (χ3n) is 4.25. The smallest absolute Gasteiger partial charge is 0.257 e. The number of benzene rings is 2. The summed E-state index contributed by atoms with van der Waals surface area (Å²) in [5, 5.41) is 10.6. The summed E-state index contributed by atoms with van der Waals surface area (Å²) in [5.74, 6) is 1.27. The molecule has 1 heterocycles. The molecule has 0 atom stereocenters. The van der Waals surface area contributed by atoms with Gasteiger partial charge in [-0.3, -0.25) is 4.79 Å². The zero-order valence-electron chi connectivity index (χ0n) is 16.9. The first kappa shape index (κ1) is 20.4. The number of hydrogen-bond donors (Lipinski definition) is 1. The number of carbonyl (C=O) groups is 1. The number of aryl methyl sites for hydroxylation is 1. The molecule has 0 aliphatic carbocycles. The van der Waals surface area contributed by atoms with Crippen molar-refractivity contribution in [3.05, 3.63) is 53.6 Å². The fourth-order valence-electron chi connectivity index (χ4n) is 2.77. The van der Waals surface area contributed by atoms with E-state index in [9.17, 15) is 4.79 Å². The summed E-state index contributed by atoms with van der Waals surface area (Å²) in [4.78, 5) is 12.6. The summed E-state index contributed by atoms with van der Waals surface area (Å²) in [6.45, 7) is 7.14. The molecule has 0 radical (unpaired) electrons. The monoisotopic (exact) mass is 395 g/mol. The average molecular weight is 395 g/mol. The molecule has 0 bridgehead atoms. The minimum Gasteiger partial charge on any atom is -0.490 e. The van der Waals surface area contributed by atoms with Gasteiger partial charge in [-0.15, -0.1) is 0 Å². The van der Waals surface area contributed by atoms with Gasteiger partial charge in [-0.2, -0.15) is 0 Å². The van der Waals surface area contributed by atoms with Crippen molar-refractivity contribution in [1.29, 1.82) is 0 Å². The number of ether oxygens (including phenoxy) is 2. The van der Waals surface area contributed by atoms with Crippen LogP contribution in [0.4, 0.5) is 5.82 Å². The minimum atomic E-state index is -0.273. The molecule has 0 unspecified atom stereocenters. The van der Waals surface area contributed by atoms with Crippen LogP contribution in [0.1, 0.15) is 42.6 Å². The van der Waals surface area contributed by atoms with Crippen LogP contribution in [0.3, 0.4) is 0 Å². The maximum Gasteiger partial charge on any atom is 0.257 e. The van der Waals surface area contributed by atoms with Gasteiger partial charge < -0.3 is 14.8 Å². The van der Waals surface area contributed by atoms with Gasteiger partial charge in [0, 0.05) is 11.1 Å². The van der Waals surface area contributed by atoms with Crippen molar-refractivity contribution in [2.45, 2.75) is 33.6 Å². The summed E-state index contributed by atoms with van der Waals surface area (Å²) in [6.07, 6.45) is 1.78. The third-order valence-corrected chi connectivity index (χ3v) is 4.25. The Morgan fingerprint density at radius 1 is 1.00 bits per heavy atom. The Bertz CT molecular complexity index is 968. The molecule has 152 valence electrons. The lowest BCUT2D eigenvalue weighted by molar-refractivity contribution is 0.102. The van der Waals surface area contributed by atoms with E-state index in [1.165, 1.54) is 0 Å². The number of nitrogens with zero attached hydrogens (tertiary/aromatic N) is 2. The second-order valence-corrected chi connectivity index (χ2v) is 6.59. The zero-order chi connectivity index (χ0) is 20.6. The van der Waals surface area contributed by atoms with Gasteiger partial charge >= 0.3 is 0 Å². The predicted molar refractivity (Wildman–Crippen MR) is 110 cm³/mol. The second kappa shape index (κ2) is 9.73. The Hall–Kier alpha value is -3.35. The predicted octanol–water partition coefficient (Wildman–Crippen LogP) is 4.87. The van der Waals surface area contributed by atoms with Gasteiger partial charge in [-0.05, 0) is 59.9 Å². The van der Waals surface area contributed by atoms with Crippen molar-refractivity contribution in [2.24, 2.45) is 0 Å². The second-order valence-electron chi connectivity index (χ2n) is 6.59. The lowest BCUT2D eigenvalue weighted by Crippen LogP contribution is -2.14. The fraction of sp³-hybridized carbons (Fsp3) is 0.318. The van der Waals surface area contributed by atoms with E-state index >= 15 is 0 Å². The highest BCUT2D eigenvalue weighted by atomic mass is 16.6. The number of amides is 1. The summed E-state index contributed by atoms with van der Waals surface area (Å²) >= 11 is 0. The van der Waals surface area contributed by atoms with Crippen LogP contribution in [-0.4, -0.2) is 29.4 Å². The number of rotatable bonds is 9. The van der Waals surface area contributed by atoms with E-state index in [0.29, 0.717) is 41.5 Å². The van der Waals surface area contributed by atoms with E-state index in [-0.39, 0.29) is 11.7 Å². The van der Waals surface area contributed by atoms with E-state index in [4.69, 9.17) is 14.1 Å². The molecule has 7 heteroatoms. The highest BCUT2D eigenvalue weighted by Crippen LogP contribution is 2.34. The number of aromatic nitrogens is 2. The molecule has 0 fully saturated rings. The Labute approximate surface area is 170 Å². The zero-order valence-corrected chi connectivity index (χ0v) is 16.9. The van der Waals surface area contributed by atoms with Crippen LogP contribution in [0.2, 0.25) is 0 Å². The SMILES string of the molecule is CCCOc1ccc(-c2nonc2NC(=O)c2ccccc2C)cc1OCCC. The molecule has 0 spiro atoms. The highest BCUT2D eigenvalue weighted by Gasteiger charge is 2.19. The Morgan fingerprint density at radius 2 is 1.72 bits per heavy atom. The molecular formula is C22H25N3O4. The van der Waals surface area contributed by atoms with Crippen molar-refractivity contribution in [3.8, 4) is 22.8 Å². The topological polar surface area (TPSA) is 86.5 Å². The average Bonchev–Trinajstić information content (AvgIpc) is 3.19. The van der Waals surface area contributed by atoms with E-state index in [2.05, 4.69) is 15.6 Å². The van der Waals surface area contributed by atoms with Gasteiger partial charge in [0.25, 0.3) is 5.91 Å². The van der Waals surface area contributed by atoms with Gasteiger partial charge in [-0.25, -0.2) is 4.63 Å². The number of carbonyl (C=O) groups excluding carboxylic acids is 1. The van der Waals surface area contributed by atoms with E-state index in [1.807, 2.05) is 57.2 Å². The molecule has 1 amide bonds. The fourth-order valence-corrected chi connectivity index (χ4v) is 2.77. The van der Waals surface area contributed by atoms with E-state index in [1.54, 1.807) is 6.07 Å². The Balaban J connectivity index is 1.87. The summed E-state index contributed by atoms with van der Waals surface area (Å²) in [7, 11) is 0. The van der Waals surface area contributed by atoms with Crippen molar-refractivity contribution in [3.63, 3.8) is 0 Å². The van der Waals surface area contributed by atoms with Crippen LogP contribution < -0.4 is 14.8 Å². The van der Waals surface area contributed by atoms with Gasteiger partial charge in [-0.1, -0.05) is 32.0 Å². The van der Waals surface area contributed by atoms with Crippen molar-refractivity contribution in [1.82, 2.24) is 10.3 Å². The molecule has 0 aliphatic heterocycles. The van der Waals surface area contributed by atoms with Gasteiger partial charge in [0.15, 0.2) is 17.2 Å². The maximum absolute atomic E-state index is 12.6. The molecule has 1 aromatic heterocycles. The first-order chi connectivity index (χ1) is 14.1. The maximum atomic E-state index is 12.6. The number of hydrogen-bond acceptors (Lipinski definition) is 6. The first-order valence-corrected chi connectivity index (χ1v) is 9.73. The first-order valence-electron chi connectivity index (χ1n) is 9.73. The molecule has 3 rings (SSSR count). The van der Waals surface area contributed by atoms with E-state index < -0.39 is 0 Å². The molecule has 1 N–H and O–H groups in total. The van der Waals surface area contributed by atoms with Crippen LogP contribution in [0, 0.1) is 6.92 Å². The van der Waals surface area contributed by atoms with Crippen LogP contribution in [0.5, 0.6) is 11.5 Å². The van der Waals surface area contributed by atoms with Crippen LogP contribution in [0.25, 0.3) is 11.3 Å². The Kier molecular flexibility index (Phi) is 6.84. The highest BCUT2D eigenvalue weighted by molar-refractivity contribution is 6.06. The molecule has 0 aliphatic rings. The minimum absolute atomic E-state index is 0.252. The lowest BCUT2D eigenvalue weighted by Gasteiger charge is -2.13. The summed E-state index contributed by atoms with van der Waals surface area (Å²) in [6, 6.07) is 12.8. The van der Waals surface area contributed by atoms with Crippen LogP contribution >= 0.6 is 0 Å². The molecule has 3 aromatic rings. The largest absolute Gasteiger partial charge is 0.490 e. The van der Waals surface area contributed by atoms with Gasteiger partial charge in [0.2, 0.25) is 5.82 Å².